The number of rotatable bonds is 7. The van der Waals surface area contributed by atoms with E-state index in [1.807, 2.05) is 0 Å². The van der Waals surface area contributed by atoms with Crippen molar-refractivity contribution in [3.8, 4) is 11.5 Å². The Labute approximate surface area is 179 Å². The van der Waals surface area contributed by atoms with Crippen molar-refractivity contribution in [3.05, 3.63) is 62.7 Å². The maximum atomic E-state index is 12.8. The summed E-state index contributed by atoms with van der Waals surface area (Å²) in [5.74, 6) is -0.635. The van der Waals surface area contributed by atoms with E-state index >= 15 is 0 Å². The summed E-state index contributed by atoms with van der Waals surface area (Å²) >= 11 is 5.87. The lowest BCUT2D eigenvalue weighted by Crippen LogP contribution is -2.08. The third-order valence-corrected chi connectivity index (χ3v) is 5.40. The molecule has 9 nitrogen and oxygen atoms in total. The number of halogens is 4. The Hall–Kier alpha value is -2.66. The maximum absolute atomic E-state index is 12.8. The highest BCUT2D eigenvalue weighted by molar-refractivity contribution is 7.52. The highest BCUT2D eigenvalue weighted by atomic mass is 35.5. The highest BCUT2D eigenvalue weighted by Crippen LogP contribution is 2.49. The Bertz CT molecular complexity index is 1050. The van der Waals surface area contributed by atoms with Crippen LogP contribution in [0.2, 0.25) is 5.02 Å². The third kappa shape index (κ3) is 5.95. The van der Waals surface area contributed by atoms with Gasteiger partial charge in [-0.3, -0.25) is 19.2 Å². The zero-order valence-electron chi connectivity index (χ0n) is 16.2. The molecule has 0 N–H and O–H groups in total. The molecule has 0 heterocycles. The number of ether oxygens (including phenoxy) is 2. The van der Waals surface area contributed by atoms with E-state index in [1.165, 1.54) is 6.07 Å². The van der Waals surface area contributed by atoms with E-state index in [9.17, 15) is 27.9 Å². The predicted molar refractivity (Wildman–Crippen MR) is 105 cm³/mol. The molecule has 0 aliphatic carbocycles. The van der Waals surface area contributed by atoms with Gasteiger partial charge in [0.2, 0.25) is 5.90 Å². The Kier molecular flexibility index (Phi) is 7.66. The van der Waals surface area contributed by atoms with Gasteiger partial charge < -0.3 is 9.47 Å². The lowest BCUT2D eigenvalue weighted by Gasteiger charge is -2.13. The maximum Gasteiger partial charge on any atom is 0.456 e. The average molecular weight is 483 g/mol. The van der Waals surface area contributed by atoms with Crippen LogP contribution in [-0.2, 0) is 24.5 Å². The fraction of sp³-hybridized carbons (Fsp3) is 0.235. The van der Waals surface area contributed by atoms with Crippen LogP contribution in [0.1, 0.15) is 11.1 Å². The third-order valence-electron chi connectivity index (χ3n) is 3.75. The smallest absolute Gasteiger partial charge is 0.456 e. The van der Waals surface area contributed by atoms with Gasteiger partial charge in [-0.05, 0) is 24.3 Å². The fourth-order valence-corrected chi connectivity index (χ4v) is 3.21. The van der Waals surface area contributed by atoms with Crippen molar-refractivity contribution >= 4 is 30.9 Å². The molecule has 0 aromatic heterocycles. The zero-order valence-corrected chi connectivity index (χ0v) is 17.8. The second-order valence-corrected chi connectivity index (χ2v) is 7.90. The molecule has 2 rings (SSSR count). The van der Waals surface area contributed by atoms with Gasteiger partial charge in [0.05, 0.1) is 22.6 Å². The Morgan fingerprint density at radius 2 is 1.77 bits per heavy atom. The van der Waals surface area contributed by atoms with Crippen molar-refractivity contribution in [2.75, 3.05) is 21.3 Å². The summed E-state index contributed by atoms with van der Waals surface area (Å²) in [6.07, 6.45) is -4.59. The molecule has 2 aromatic carbocycles. The molecule has 0 bridgehead atoms. The molecule has 0 aliphatic heterocycles. The van der Waals surface area contributed by atoms with E-state index in [-0.39, 0.29) is 22.1 Å². The number of nitrogens with zero attached hydrogens (tertiary/aromatic N) is 2. The van der Waals surface area contributed by atoms with Gasteiger partial charge in [-0.1, -0.05) is 11.6 Å². The van der Waals surface area contributed by atoms with Crippen LogP contribution in [0.15, 0.2) is 41.2 Å². The monoisotopic (exact) mass is 482 g/mol. The predicted octanol–water partition coefficient (Wildman–Crippen LogP) is 5.85. The first-order chi connectivity index (χ1) is 14.4. The topological polar surface area (TPSA) is 109 Å². The van der Waals surface area contributed by atoms with E-state index < -0.39 is 36.0 Å². The number of hydrogen-bond donors (Lipinski definition) is 0. The van der Waals surface area contributed by atoms with Crippen LogP contribution in [0.5, 0.6) is 11.5 Å². The number of hydrogen-bond acceptors (Lipinski definition) is 7. The molecule has 0 unspecified atom stereocenters. The standard InChI is InChI=1S/C17H15ClF3N2O7P/c1-27-16(22-31(26,28-2)29-3)12-9-11(5-6-14(12)23(24)25)30-15-7-4-10(8-13(15)18)17(19,20)21/h4-9H,1-3H3/b22-16-. The summed E-state index contributed by atoms with van der Waals surface area (Å²) in [4.78, 5) is 10.7. The minimum atomic E-state index is -4.59. The molecule has 0 atom stereocenters. The van der Waals surface area contributed by atoms with Crippen LogP contribution in [0.3, 0.4) is 0 Å². The number of alkyl halides is 3. The number of nitro benzene ring substituents is 1. The van der Waals surface area contributed by atoms with Crippen molar-refractivity contribution in [2.24, 2.45) is 4.76 Å². The molecule has 14 heteroatoms. The van der Waals surface area contributed by atoms with E-state index in [0.717, 1.165) is 45.6 Å². The molecule has 2 aromatic rings. The van der Waals surface area contributed by atoms with Crippen LogP contribution in [0.4, 0.5) is 18.9 Å². The first-order valence-corrected chi connectivity index (χ1v) is 10.0. The normalized spacial score (nSPS) is 12.5. The summed E-state index contributed by atoms with van der Waals surface area (Å²) < 4.78 is 74.2. The molecule has 0 fully saturated rings. The van der Waals surface area contributed by atoms with Crippen LogP contribution >= 0.6 is 19.3 Å². The SMILES string of the molecule is CO/C(=N\P(=O)(OC)OC)c1cc(Oc2ccc(C(F)(F)F)cc2Cl)ccc1[N+](=O)[O-]. The Morgan fingerprint density at radius 3 is 2.26 bits per heavy atom. The highest BCUT2D eigenvalue weighted by Gasteiger charge is 2.31. The van der Waals surface area contributed by atoms with Gasteiger partial charge in [-0.2, -0.15) is 13.2 Å². The van der Waals surface area contributed by atoms with Crippen molar-refractivity contribution < 1.29 is 41.2 Å². The van der Waals surface area contributed by atoms with Gasteiger partial charge >= 0.3 is 13.9 Å². The molecule has 168 valence electrons. The van der Waals surface area contributed by atoms with Gasteiger partial charge in [0.25, 0.3) is 5.69 Å². The first-order valence-electron chi connectivity index (χ1n) is 8.13. The summed E-state index contributed by atoms with van der Waals surface area (Å²) in [7, 11) is -0.771. The minimum absolute atomic E-state index is 0.0447. The molecule has 0 radical (unpaired) electrons. The van der Waals surface area contributed by atoms with Gasteiger partial charge in [0, 0.05) is 26.4 Å². The number of nitro groups is 1. The Morgan fingerprint density at radius 1 is 1.13 bits per heavy atom. The van der Waals surface area contributed by atoms with E-state index in [4.69, 9.17) is 21.1 Å². The van der Waals surface area contributed by atoms with Crippen LogP contribution in [0.25, 0.3) is 0 Å². The molecular weight excluding hydrogens is 468 g/mol. The Balaban J connectivity index is 2.52. The van der Waals surface area contributed by atoms with Crippen molar-refractivity contribution in [3.63, 3.8) is 0 Å². The molecule has 0 aliphatic rings. The quantitative estimate of drug-likeness (QED) is 0.160. The van der Waals surface area contributed by atoms with Gasteiger partial charge in [0.15, 0.2) is 0 Å². The van der Waals surface area contributed by atoms with Crippen LogP contribution in [0, 0.1) is 10.1 Å². The molecule has 0 amide bonds. The largest absolute Gasteiger partial charge is 0.480 e. The fourth-order valence-electron chi connectivity index (χ4n) is 2.27. The zero-order chi connectivity index (χ0) is 23.4. The molecular formula is C17H15ClF3N2O7P. The van der Waals surface area contributed by atoms with E-state index in [1.54, 1.807) is 0 Å². The van der Waals surface area contributed by atoms with E-state index in [0.29, 0.717) is 6.07 Å². The molecule has 31 heavy (non-hydrogen) atoms. The molecule has 0 spiro atoms. The lowest BCUT2D eigenvalue weighted by atomic mass is 10.1. The summed E-state index contributed by atoms with van der Waals surface area (Å²) in [5.41, 5.74) is -1.70. The second-order valence-electron chi connectivity index (χ2n) is 5.62. The van der Waals surface area contributed by atoms with Gasteiger partial charge in [-0.25, -0.2) is 4.57 Å². The van der Waals surface area contributed by atoms with Crippen molar-refractivity contribution in [1.29, 1.82) is 0 Å². The van der Waals surface area contributed by atoms with E-state index in [2.05, 4.69) is 13.8 Å². The summed E-state index contributed by atoms with van der Waals surface area (Å²) in [6.45, 7) is 0. The second kappa shape index (κ2) is 9.65. The molecule has 0 saturated carbocycles. The average Bonchev–Trinajstić information content (AvgIpc) is 2.72. The van der Waals surface area contributed by atoms with Crippen LogP contribution in [-0.4, -0.2) is 32.2 Å². The molecule has 0 saturated heterocycles. The van der Waals surface area contributed by atoms with Crippen molar-refractivity contribution in [2.45, 2.75) is 6.18 Å². The lowest BCUT2D eigenvalue weighted by molar-refractivity contribution is -0.385. The summed E-state index contributed by atoms with van der Waals surface area (Å²) in [5, 5.41) is 11.1. The van der Waals surface area contributed by atoms with Crippen molar-refractivity contribution in [1.82, 2.24) is 0 Å². The van der Waals surface area contributed by atoms with Gasteiger partial charge in [0.1, 0.15) is 17.1 Å². The van der Waals surface area contributed by atoms with Gasteiger partial charge in [-0.15, -0.1) is 4.76 Å². The number of methoxy groups -OCH3 is 1. The first kappa shape index (κ1) is 24.6. The summed E-state index contributed by atoms with van der Waals surface area (Å²) in [6, 6.07) is 5.80. The van der Waals surface area contributed by atoms with Crippen LogP contribution < -0.4 is 4.74 Å². The number of benzene rings is 2. The minimum Gasteiger partial charge on any atom is -0.480 e.